The lowest BCUT2D eigenvalue weighted by molar-refractivity contribution is -0.137. The molecule has 158 valence electrons. The van der Waals surface area contributed by atoms with Gasteiger partial charge in [-0.2, -0.15) is 18.4 Å². The van der Waals surface area contributed by atoms with Gasteiger partial charge in [0.25, 0.3) is 5.82 Å². The summed E-state index contributed by atoms with van der Waals surface area (Å²) < 4.78 is 68.4. The van der Waals surface area contributed by atoms with E-state index in [9.17, 15) is 26.7 Å². The fourth-order valence-electron chi connectivity index (χ4n) is 3.42. The molecule has 0 saturated heterocycles. The third kappa shape index (κ3) is 3.96. The van der Waals surface area contributed by atoms with E-state index in [1.54, 1.807) is 12.1 Å². The minimum Gasteiger partial charge on any atom is -0.332 e. The Balaban J connectivity index is 1.59. The number of amides is 1. The van der Waals surface area contributed by atoms with E-state index in [0.717, 1.165) is 5.56 Å². The molecule has 0 aliphatic carbocycles. The van der Waals surface area contributed by atoms with Crippen molar-refractivity contribution in [2.24, 2.45) is 0 Å². The molecule has 0 saturated carbocycles. The van der Waals surface area contributed by atoms with Gasteiger partial charge >= 0.3 is 6.18 Å². The van der Waals surface area contributed by atoms with Crippen LogP contribution in [-0.2, 0) is 30.6 Å². The monoisotopic (exact) mass is 433 g/mol. The number of aromatic nitrogens is 3. The first-order valence-electron chi connectivity index (χ1n) is 8.91. The molecule has 1 aromatic heterocycles. The molecule has 0 atom stereocenters. The molecule has 0 spiro atoms. The maximum Gasteiger partial charge on any atom is 0.417 e. The molecule has 0 bridgehead atoms. The maximum atomic E-state index is 13.7. The number of alkyl halides is 3. The molecular formula is C20H12F5N5O. The van der Waals surface area contributed by atoms with Gasteiger partial charge in [-0.25, -0.2) is 18.4 Å². The number of nitriles is 1. The predicted octanol–water partition coefficient (Wildman–Crippen LogP) is 3.66. The van der Waals surface area contributed by atoms with Crippen LogP contribution in [0.3, 0.4) is 0 Å². The van der Waals surface area contributed by atoms with Crippen LogP contribution >= 0.6 is 0 Å². The van der Waals surface area contributed by atoms with Gasteiger partial charge in [0.1, 0.15) is 18.9 Å². The lowest BCUT2D eigenvalue weighted by Crippen LogP contribution is -2.29. The smallest absolute Gasteiger partial charge is 0.332 e. The van der Waals surface area contributed by atoms with Crippen LogP contribution in [-0.4, -0.2) is 25.6 Å². The third-order valence-electron chi connectivity index (χ3n) is 4.89. The Morgan fingerprint density at radius 1 is 1.10 bits per heavy atom. The molecule has 31 heavy (non-hydrogen) atoms. The summed E-state index contributed by atoms with van der Waals surface area (Å²) in [7, 11) is 0. The largest absolute Gasteiger partial charge is 0.417 e. The average Bonchev–Trinajstić information content (AvgIpc) is 3.34. The summed E-state index contributed by atoms with van der Waals surface area (Å²) >= 11 is 0. The Morgan fingerprint density at radius 3 is 2.48 bits per heavy atom. The predicted molar refractivity (Wildman–Crippen MR) is 95.8 cm³/mol. The number of halogens is 5. The van der Waals surface area contributed by atoms with E-state index in [1.807, 2.05) is 0 Å². The Hall–Kier alpha value is -3.81. The Bertz CT molecular complexity index is 1230. The molecule has 2 aromatic carbocycles. The van der Waals surface area contributed by atoms with E-state index in [2.05, 4.69) is 10.1 Å². The number of hydrogen-bond donors (Lipinski definition) is 0. The van der Waals surface area contributed by atoms with E-state index in [-0.39, 0.29) is 43.0 Å². The van der Waals surface area contributed by atoms with Crippen LogP contribution in [0.25, 0.3) is 11.1 Å². The van der Waals surface area contributed by atoms with Gasteiger partial charge in [-0.1, -0.05) is 12.1 Å². The quantitative estimate of drug-likeness (QED) is 0.591. The molecule has 0 fully saturated rings. The molecule has 11 heteroatoms. The van der Waals surface area contributed by atoms with E-state index in [1.165, 1.54) is 28.0 Å². The summed E-state index contributed by atoms with van der Waals surface area (Å²) in [4.78, 5) is 17.7. The summed E-state index contributed by atoms with van der Waals surface area (Å²) in [6, 6.07) is 6.79. The number of hydrogen-bond acceptors (Lipinski definition) is 4. The number of benzene rings is 2. The highest BCUT2D eigenvalue weighted by molar-refractivity contribution is 5.77. The average molecular weight is 433 g/mol. The van der Waals surface area contributed by atoms with Crippen LogP contribution in [0.2, 0.25) is 0 Å². The molecule has 1 aliphatic rings. The highest BCUT2D eigenvalue weighted by atomic mass is 19.4. The van der Waals surface area contributed by atoms with E-state index in [4.69, 9.17) is 5.26 Å². The van der Waals surface area contributed by atoms with Crippen molar-refractivity contribution in [3.05, 3.63) is 70.8 Å². The zero-order chi connectivity index (χ0) is 22.3. The maximum absolute atomic E-state index is 13.7. The molecule has 0 N–H and O–H groups in total. The van der Waals surface area contributed by atoms with E-state index >= 15 is 0 Å². The molecule has 0 unspecified atom stereocenters. The molecule has 4 rings (SSSR count). The zero-order valence-electron chi connectivity index (χ0n) is 15.6. The fraction of sp³-hybridized carbons (Fsp3) is 0.200. The second-order valence-corrected chi connectivity index (χ2v) is 6.92. The lowest BCUT2D eigenvalue weighted by atomic mass is 9.96. The van der Waals surface area contributed by atoms with Crippen molar-refractivity contribution in [3.63, 3.8) is 0 Å². The highest BCUT2D eigenvalue weighted by Gasteiger charge is 2.35. The van der Waals surface area contributed by atoms with Crippen LogP contribution in [0.4, 0.5) is 22.0 Å². The molecule has 6 nitrogen and oxygen atoms in total. The Labute approximate surface area is 172 Å². The van der Waals surface area contributed by atoms with Crippen LogP contribution in [0.5, 0.6) is 0 Å². The molecule has 0 radical (unpaired) electrons. The molecule has 3 aromatic rings. The van der Waals surface area contributed by atoms with Crippen LogP contribution in [0.15, 0.2) is 36.7 Å². The third-order valence-corrected chi connectivity index (χ3v) is 4.89. The topological polar surface area (TPSA) is 74.8 Å². The number of carbonyl (C=O) groups is 1. The van der Waals surface area contributed by atoms with Gasteiger partial charge in [0.05, 0.1) is 5.56 Å². The number of rotatable bonds is 3. The van der Waals surface area contributed by atoms with Gasteiger partial charge in [0.2, 0.25) is 5.91 Å². The second kappa shape index (κ2) is 7.46. The first-order chi connectivity index (χ1) is 14.7. The van der Waals surface area contributed by atoms with Gasteiger partial charge in [-0.15, -0.1) is 5.10 Å². The highest BCUT2D eigenvalue weighted by Crippen LogP contribution is 2.39. The summed E-state index contributed by atoms with van der Waals surface area (Å²) in [5.74, 6) is -3.36. The van der Waals surface area contributed by atoms with Crippen molar-refractivity contribution in [2.45, 2.75) is 25.8 Å². The SMILES string of the molecule is N#Cc1ncn(CC(=O)N2Cc3ccc(-c4cc(F)c(F)cc4C(F)(F)F)cc3C2)n1. The van der Waals surface area contributed by atoms with Gasteiger partial charge in [-0.05, 0) is 40.5 Å². The second-order valence-electron chi connectivity index (χ2n) is 6.92. The van der Waals surface area contributed by atoms with Gasteiger partial charge in [0, 0.05) is 13.1 Å². The Morgan fingerprint density at radius 2 is 1.81 bits per heavy atom. The standard InChI is InChI=1S/C20H12F5N5O/c21-16-4-14(15(5-17(16)22)20(23,24)25)11-1-2-12-7-29(8-13(12)3-11)19(31)9-30-10-27-18(6-26)28-30/h1-5,10H,7-9H2. The van der Waals surface area contributed by atoms with Gasteiger partial charge < -0.3 is 4.90 Å². The summed E-state index contributed by atoms with van der Waals surface area (Å²) in [6.45, 7) is 0.210. The van der Waals surface area contributed by atoms with Crippen molar-refractivity contribution in [1.82, 2.24) is 19.7 Å². The Kier molecular flexibility index (Phi) is 4.93. The van der Waals surface area contributed by atoms with Crippen molar-refractivity contribution in [2.75, 3.05) is 0 Å². The van der Waals surface area contributed by atoms with E-state index < -0.39 is 28.9 Å². The van der Waals surface area contributed by atoms with Crippen LogP contribution < -0.4 is 0 Å². The fourth-order valence-corrected chi connectivity index (χ4v) is 3.42. The molecule has 1 aliphatic heterocycles. The normalized spacial score (nSPS) is 13.2. The number of fused-ring (bicyclic) bond motifs is 1. The van der Waals surface area contributed by atoms with Crippen molar-refractivity contribution in [1.29, 1.82) is 5.26 Å². The summed E-state index contributed by atoms with van der Waals surface area (Å²) in [6.07, 6.45) is -3.62. The van der Waals surface area contributed by atoms with Gasteiger partial charge in [-0.3, -0.25) is 4.79 Å². The lowest BCUT2D eigenvalue weighted by Gasteiger charge is -2.15. The van der Waals surface area contributed by atoms with Crippen LogP contribution in [0.1, 0.15) is 22.5 Å². The summed E-state index contributed by atoms with van der Waals surface area (Å²) in [5, 5.41) is 12.6. The first kappa shape index (κ1) is 20.5. The van der Waals surface area contributed by atoms with Crippen LogP contribution in [0, 0.1) is 23.0 Å². The van der Waals surface area contributed by atoms with Gasteiger partial charge in [0.15, 0.2) is 11.6 Å². The molecular weight excluding hydrogens is 421 g/mol. The van der Waals surface area contributed by atoms with E-state index in [0.29, 0.717) is 11.6 Å². The first-order valence-corrected chi connectivity index (χ1v) is 8.91. The number of nitrogens with zero attached hydrogens (tertiary/aromatic N) is 5. The number of carbonyl (C=O) groups excluding carboxylic acids is 1. The summed E-state index contributed by atoms with van der Waals surface area (Å²) in [5.41, 5.74) is -0.374. The zero-order valence-corrected chi connectivity index (χ0v) is 15.6. The van der Waals surface area contributed by atoms with Crippen molar-refractivity contribution < 1.29 is 26.7 Å². The molecule has 1 amide bonds. The van der Waals surface area contributed by atoms with Crippen molar-refractivity contribution >= 4 is 5.91 Å². The van der Waals surface area contributed by atoms with Crippen molar-refractivity contribution in [3.8, 4) is 17.2 Å². The minimum absolute atomic E-state index is 0.0641. The minimum atomic E-state index is -4.87. The molecule has 2 heterocycles.